The summed E-state index contributed by atoms with van der Waals surface area (Å²) in [6.45, 7) is 4.06. The van der Waals surface area contributed by atoms with Crippen molar-refractivity contribution in [1.29, 1.82) is 0 Å². The zero-order chi connectivity index (χ0) is 15.2. The minimum Gasteiger partial charge on any atom is -0.447 e. The van der Waals surface area contributed by atoms with E-state index in [1.54, 1.807) is 0 Å². The largest absolute Gasteiger partial charge is 0.447 e. The van der Waals surface area contributed by atoms with Gasteiger partial charge in [-0.3, -0.25) is 4.79 Å². The molecule has 5 heteroatoms. The van der Waals surface area contributed by atoms with Crippen molar-refractivity contribution in [1.82, 2.24) is 10.6 Å². The molecule has 0 spiro atoms. The maximum Gasteiger partial charge on any atom is 0.407 e. The third-order valence-electron chi connectivity index (χ3n) is 3.19. The molecule has 0 rings (SSSR count). The van der Waals surface area contributed by atoms with Gasteiger partial charge >= 0.3 is 6.09 Å². The molecule has 20 heavy (non-hydrogen) atoms. The van der Waals surface area contributed by atoms with Gasteiger partial charge in [-0.25, -0.2) is 4.79 Å². The van der Waals surface area contributed by atoms with E-state index in [-0.39, 0.29) is 18.6 Å². The Balaban J connectivity index is 3.45. The van der Waals surface area contributed by atoms with Crippen molar-refractivity contribution in [2.24, 2.45) is 0 Å². The van der Waals surface area contributed by atoms with Gasteiger partial charge in [0.05, 0.1) is 6.54 Å². The molecule has 0 aliphatic rings. The standard InChI is InChI=1S/C15H30N2O3/c1-4-5-6-7-8-9-10-11-13(2)20-15(19)17-12-14(18)16-3/h13H,4-12H2,1-3H3,(H,16,18)(H,17,19). The highest BCUT2D eigenvalue weighted by Crippen LogP contribution is 2.10. The summed E-state index contributed by atoms with van der Waals surface area (Å²) in [5, 5.41) is 4.84. The summed E-state index contributed by atoms with van der Waals surface area (Å²) in [6.07, 6.45) is 9.00. The van der Waals surface area contributed by atoms with Gasteiger partial charge in [0.25, 0.3) is 0 Å². The number of amides is 2. The van der Waals surface area contributed by atoms with Crippen molar-refractivity contribution < 1.29 is 14.3 Å². The molecule has 0 fully saturated rings. The number of hydrogen-bond acceptors (Lipinski definition) is 3. The van der Waals surface area contributed by atoms with Crippen LogP contribution in [0.25, 0.3) is 0 Å². The van der Waals surface area contributed by atoms with Crippen LogP contribution in [0, 0.1) is 0 Å². The smallest absolute Gasteiger partial charge is 0.407 e. The third kappa shape index (κ3) is 11.8. The Morgan fingerprint density at radius 3 is 2.25 bits per heavy atom. The fraction of sp³-hybridized carbons (Fsp3) is 0.867. The number of rotatable bonds is 11. The van der Waals surface area contributed by atoms with Crippen molar-refractivity contribution in [2.75, 3.05) is 13.6 Å². The van der Waals surface area contributed by atoms with Gasteiger partial charge < -0.3 is 15.4 Å². The first-order valence-corrected chi connectivity index (χ1v) is 7.75. The van der Waals surface area contributed by atoms with E-state index in [1.165, 1.54) is 45.6 Å². The van der Waals surface area contributed by atoms with Gasteiger partial charge in [0.15, 0.2) is 0 Å². The lowest BCUT2D eigenvalue weighted by Gasteiger charge is -2.13. The molecular formula is C15H30N2O3. The lowest BCUT2D eigenvalue weighted by atomic mass is 10.1. The molecule has 0 aromatic heterocycles. The van der Waals surface area contributed by atoms with Gasteiger partial charge in [-0.05, 0) is 19.8 Å². The molecule has 0 radical (unpaired) electrons. The van der Waals surface area contributed by atoms with Crippen LogP contribution in [0.1, 0.15) is 65.2 Å². The molecule has 0 bridgehead atoms. The Hall–Kier alpha value is -1.26. The van der Waals surface area contributed by atoms with E-state index in [0.717, 1.165) is 12.8 Å². The van der Waals surface area contributed by atoms with Crippen LogP contribution in [0.5, 0.6) is 0 Å². The highest BCUT2D eigenvalue weighted by Gasteiger charge is 2.09. The third-order valence-corrected chi connectivity index (χ3v) is 3.19. The molecule has 0 aliphatic carbocycles. The second-order valence-corrected chi connectivity index (χ2v) is 5.15. The number of nitrogens with one attached hydrogen (secondary N) is 2. The van der Waals surface area contributed by atoms with Gasteiger partial charge in [0.2, 0.25) is 5.91 Å². The van der Waals surface area contributed by atoms with Gasteiger partial charge in [-0.2, -0.15) is 0 Å². The molecule has 0 aromatic rings. The van der Waals surface area contributed by atoms with Crippen molar-refractivity contribution in [3.63, 3.8) is 0 Å². The average molecular weight is 286 g/mol. The fourth-order valence-electron chi connectivity index (χ4n) is 1.91. The van der Waals surface area contributed by atoms with E-state index in [1.807, 2.05) is 6.92 Å². The number of carbonyl (C=O) groups is 2. The number of alkyl carbamates (subject to hydrolysis) is 1. The van der Waals surface area contributed by atoms with E-state index < -0.39 is 6.09 Å². The van der Waals surface area contributed by atoms with Crippen molar-refractivity contribution in [2.45, 2.75) is 71.3 Å². The first-order chi connectivity index (χ1) is 9.60. The van der Waals surface area contributed by atoms with Crippen molar-refractivity contribution >= 4 is 12.0 Å². The van der Waals surface area contributed by atoms with Crippen LogP contribution >= 0.6 is 0 Å². The molecule has 1 atom stereocenters. The van der Waals surface area contributed by atoms with Gasteiger partial charge in [-0.1, -0.05) is 45.4 Å². The maximum atomic E-state index is 11.4. The monoisotopic (exact) mass is 286 g/mol. The second kappa shape index (κ2) is 12.8. The van der Waals surface area contributed by atoms with Gasteiger partial charge in [0.1, 0.15) is 6.10 Å². The van der Waals surface area contributed by atoms with E-state index >= 15 is 0 Å². The quantitative estimate of drug-likeness (QED) is 0.574. The molecule has 0 aliphatic heterocycles. The summed E-state index contributed by atoms with van der Waals surface area (Å²) >= 11 is 0. The van der Waals surface area contributed by atoms with Gasteiger partial charge in [-0.15, -0.1) is 0 Å². The Labute approximate surface area is 122 Å². The predicted octanol–water partition coefficient (Wildman–Crippen LogP) is 2.99. The number of likely N-dealkylation sites (N-methyl/N-ethyl adjacent to an activating group) is 1. The SMILES string of the molecule is CCCCCCCCCC(C)OC(=O)NCC(=O)NC. The fourth-order valence-corrected chi connectivity index (χ4v) is 1.91. The van der Waals surface area contributed by atoms with Crippen LogP contribution in [0.4, 0.5) is 4.79 Å². The predicted molar refractivity (Wildman–Crippen MR) is 80.6 cm³/mol. The molecule has 0 saturated carbocycles. The van der Waals surface area contributed by atoms with Gasteiger partial charge in [0, 0.05) is 7.05 Å². The molecule has 118 valence electrons. The van der Waals surface area contributed by atoms with Crippen LogP contribution in [-0.4, -0.2) is 31.7 Å². The van der Waals surface area contributed by atoms with Crippen LogP contribution in [0.2, 0.25) is 0 Å². The van der Waals surface area contributed by atoms with Crippen LogP contribution in [-0.2, 0) is 9.53 Å². The Kier molecular flexibility index (Phi) is 12.0. The summed E-state index contributed by atoms with van der Waals surface area (Å²) in [6, 6.07) is 0. The Bertz CT molecular complexity index is 270. The molecule has 0 heterocycles. The zero-order valence-electron chi connectivity index (χ0n) is 13.2. The maximum absolute atomic E-state index is 11.4. The minimum absolute atomic E-state index is 0.0422. The normalized spacial score (nSPS) is 11.8. The van der Waals surface area contributed by atoms with E-state index in [9.17, 15) is 9.59 Å². The Morgan fingerprint density at radius 1 is 1.05 bits per heavy atom. The number of ether oxygens (including phenoxy) is 1. The molecule has 2 N–H and O–H groups in total. The molecule has 2 amide bonds. The summed E-state index contributed by atoms with van der Waals surface area (Å²) < 4.78 is 5.16. The molecule has 0 aromatic carbocycles. The molecule has 5 nitrogen and oxygen atoms in total. The highest BCUT2D eigenvalue weighted by atomic mass is 16.6. The molecular weight excluding hydrogens is 256 g/mol. The van der Waals surface area contributed by atoms with Crippen molar-refractivity contribution in [3.05, 3.63) is 0 Å². The van der Waals surface area contributed by atoms with E-state index in [4.69, 9.17) is 4.74 Å². The molecule has 0 saturated heterocycles. The summed E-state index contributed by atoms with van der Waals surface area (Å²) in [4.78, 5) is 22.3. The van der Waals surface area contributed by atoms with Crippen LogP contribution in [0.15, 0.2) is 0 Å². The minimum atomic E-state index is -0.524. The number of unbranched alkanes of at least 4 members (excludes halogenated alkanes) is 6. The lowest BCUT2D eigenvalue weighted by Crippen LogP contribution is -2.36. The van der Waals surface area contributed by atoms with Crippen molar-refractivity contribution in [3.8, 4) is 0 Å². The van der Waals surface area contributed by atoms with Crippen LogP contribution < -0.4 is 10.6 Å². The second-order valence-electron chi connectivity index (χ2n) is 5.15. The van der Waals surface area contributed by atoms with Crippen LogP contribution in [0.3, 0.4) is 0 Å². The topological polar surface area (TPSA) is 67.4 Å². The van der Waals surface area contributed by atoms with E-state index in [2.05, 4.69) is 17.6 Å². The number of carbonyl (C=O) groups excluding carboxylic acids is 2. The highest BCUT2D eigenvalue weighted by molar-refractivity contribution is 5.81. The first kappa shape index (κ1) is 18.7. The summed E-state index contributed by atoms with van der Waals surface area (Å²) in [5.41, 5.74) is 0. The molecule has 1 unspecified atom stereocenters. The Morgan fingerprint density at radius 2 is 1.65 bits per heavy atom. The van der Waals surface area contributed by atoms with E-state index in [0.29, 0.717) is 0 Å². The zero-order valence-corrected chi connectivity index (χ0v) is 13.2. The lowest BCUT2D eigenvalue weighted by molar-refractivity contribution is -0.119. The average Bonchev–Trinajstić information content (AvgIpc) is 2.43. The number of hydrogen-bond donors (Lipinski definition) is 2. The summed E-state index contributed by atoms with van der Waals surface area (Å²) in [7, 11) is 1.53. The first-order valence-electron chi connectivity index (χ1n) is 7.75. The summed E-state index contributed by atoms with van der Waals surface area (Å²) in [5.74, 6) is -0.235.